The zero-order chi connectivity index (χ0) is 10.4. The molecule has 76 valence electrons. The maximum absolute atomic E-state index is 4.13. The summed E-state index contributed by atoms with van der Waals surface area (Å²) in [7, 11) is 0. The summed E-state index contributed by atoms with van der Waals surface area (Å²) in [6, 6.07) is 4.02. The van der Waals surface area contributed by atoms with Crippen molar-refractivity contribution in [3.8, 4) is 0 Å². The van der Waals surface area contributed by atoms with Crippen molar-refractivity contribution >= 4 is 23.5 Å². The highest BCUT2D eigenvalue weighted by Crippen LogP contribution is 2.21. The molecule has 2 nitrogen and oxygen atoms in total. The molecule has 0 spiro atoms. The zero-order valence-corrected chi connectivity index (χ0v) is 10.1. The van der Waals surface area contributed by atoms with Gasteiger partial charge in [0.2, 0.25) is 0 Å². The smallest absolute Gasteiger partial charge is 0.119 e. The molecule has 0 amide bonds. The van der Waals surface area contributed by atoms with Gasteiger partial charge in [0.1, 0.15) is 10.1 Å². The minimum absolute atomic E-state index is 0.552. The number of nitrogens with zero attached hydrogens (tertiary/aromatic N) is 2. The van der Waals surface area contributed by atoms with Gasteiger partial charge < -0.3 is 0 Å². The molecule has 0 radical (unpaired) electrons. The van der Waals surface area contributed by atoms with E-state index in [2.05, 4.69) is 30.6 Å². The molecular formula is C10H14N2S2. The van der Waals surface area contributed by atoms with Gasteiger partial charge in [0, 0.05) is 11.0 Å². The van der Waals surface area contributed by atoms with E-state index in [-0.39, 0.29) is 0 Å². The van der Waals surface area contributed by atoms with Gasteiger partial charge >= 0.3 is 0 Å². The van der Waals surface area contributed by atoms with E-state index >= 15 is 0 Å². The van der Waals surface area contributed by atoms with Gasteiger partial charge in [-0.1, -0.05) is 19.9 Å². The molecule has 1 aromatic heterocycles. The molecule has 0 aliphatic heterocycles. The summed E-state index contributed by atoms with van der Waals surface area (Å²) in [4.78, 5) is 0. The van der Waals surface area contributed by atoms with Gasteiger partial charge in [-0.2, -0.15) is 0 Å². The van der Waals surface area contributed by atoms with Gasteiger partial charge in [-0.05, 0) is 12.1 Å². The Kier molecular flexibility index (Phi) is 5.04. The SMILES string of the molecule is C=CCSc1ccc(SC(C)C)nn1. The lowest BCUT2D eigenvalue weighted by atomic mass is 10.6. The first kappa shape index (κ1) is 11.6. The first-order valence-corrected chi connectivity index (χ1v) is 6.33. The molecule has 0 saturated carbocycles. The van der Waals surface area contributed by atoms with Gasteiger partial charge in [-0.3, -0.25) is 0 Å². The molecule has 14 heavy (non-hydrogen) atoms. The quantitative estimate of drug-likeness (QED) is 0.568. The van der Waals surface area contributed by atoms with Crippen molar-refractivity contribution in [2.45, 2.75) is 29.1 Å². The van der Waals surface area contributed by atoms with Crippen LogP contribution in [0.25, 0.3) is 0 Å². The van der Waals surface area contributed by atoms with Crippen LogP contribution in [0.1, 0.15) is 13.8 Å². The van der Waals surface area contributed by atoms with E-state index in [1.807, 2.05) is 18.2 Å². The lowest BCUT2D eigenvalue weighted by Crippen LogP contribution is -1.92. The molecule has 0 aliphatic carbocycles. The summed E-state index contributed by atoms with van der Waals surface area (Å²) in [5, 5.41) is 10.7. The predicted molar refractivity (Wildman–Crippen MR) is 63.9 cm³/mol. The first-order valence-electron chi connectivity index (χ1n) is 4.46. The van der Waals surface area contributed by atoms with Crippen molar-refractivity contribution in [3.05, 3.63) is 24.8 Å². The van der Waals surface area contributed by atoms with E-state index in [4.69, 9.17) is 0 Å². The van der Waals surface area contributed by atoms with Gasteiger partial charge in [0.15, 0.2) is 0 Å². The molecule has 0 aliphatic rings. The minimum Gasteiger partial charge on any atom is -0.143 e. The van der Waals surface area contributed by atoms with Crippen LogP contribution in [0, 0.1) is 0 Å². The summed E-state index contributed by atoms with van der Waals surface area (Å²) < 4.78 is 0. The van der Waals surface area contributed by atoms with Crippen LogP contribution >= 0.6 is 23.5 Å². The number of hydrogen-bond acceptors (Lipinski definition) is 4. The van der Waals surface area contributed by atoms with Crippen LogP contribution in [0.4, 0.5) is 0 Å². The fourth-order valence-electron chi connectivity index (χ4n) is 0.833. The highest BCUT2D eigenvalue weighted by atomic mass is 32.2. The number of rotatable bonds is 5. The van der Waals surface area contributed by atoms with Crippen LogP contribution in [0.15, 0.2) is 34.8 Å². The van der Waals surface area contributed by atoms with Crippen molar-refractivity contribution in [2.75, 3.05) is 5.75 Å². The van der Waals surface area contributed by atoms with E-state index < -0.39 is 0 Å². The van der Waals surface area contributed by atoms with Crippen molar-refractivity contribution in [2.24, 2.45) is 0 Å². The average molecular weight is 226 g/mol. The molecule has 1 aromatic rings. The van der Waals surface area contributed by atoms with Crippen molar-refractivity contribution in [1.29, 1.82) is 0 Å². The maximum Gasteiger partial charge on any atom is 0.119 e. The van der Waals surface area contributed by atoms with Crippen LogP contribution in [-0.2, 0) is 0 Å². The van der Waals surface area contributed by atoms with Gasteiger partial charge in [-0.25, -0.2) is 0 Å². The Labute approximate surface area is 93.6 Å². The van der Waals surface area contributed by atoms with E-state index in [0.717, 1.165) is 15.8 Å². The highest BCUT2D eigenvalue weighted by Gasteiger charge is 2.00. The van der Waals surface area contributed by atoms with E-state index in [1.54, 1.807) is 23.5 Å². The standard InChI is InChI=1S/C10H14N2S2/c1-4-7-13-9-5-6-10(12-11-9)14-8(2)3/h4-6,8H,1,7H2,2-3H3. The number of aromatic nitrogens is 2. The maximum atomic E-state index is 4.13. The summed E-state index contributed by atoms with van der Waals surface area (Å²) >= 11 is 3.38. The molecule has 0 aromatic carbocycles. The Bertz CT molecular complexity index is 283. The lowest BCUT2D eigenvalue weighted by Gasteiger charge is -2.02. The Morgan fingerprint density at radius 2 is 2.00 bits per heavy atom. The second-order valence-corrected chi connectivity index (χ2v) is 5.61. The Morgan fingerprint density at radius 1 is 1.36 bits per heavy atom. The monoisotopic (exact) mass is 226 g/mol. The van der Waals surface area contributed by atoms with Crippen molar-refractivity contribution in [1.82, 2.24) is 10.2 Å². The molecule has 1 rings (SSSR count). The first-order chi connectivity index (χ1) is 6.72. The van der Waals surface area contributed by atoms with Gasteiger partial charge in [0.05, 0.1) is 0 Å². The van der Waals surface area contributed by atoms with Crippen LogP contribution in [0.2, 0.25) is 0 Å². The largest absolute Gasteiger partial charge is 0.143 e. The van der Waals surface area contributed by atoms with Gasteiger partial charge in [0.25, 0.3) is 0 Å². The van der Waals surface area contributed by atoms with Crippen LogP contribution in [-0.4, -0.2) is 21.2 Å². The molecule has 0 N–H and O–H groups in total. The zero-order valence-electron chi connectivity index (χ0n) is 8.43. The second kappa shape index (κ2) is 6.09. The topological polar surface area (TPSA) is 25.8 Å². The number of hydrogen-bond donors (Lipinski definition) is 0. The van der Waals surface area contributed by atoms with Crippen LogP contribution in [0.5, 0.6) is 0 Å². The Hall–Kier alpha value is -0.480. The molecule has 1 heterocycles. The summed E-state index contributed by atoms with van der Waals surface area (Å²) in [5.74, 6) is 0.880. The molecule has 0 saturated heterocycles. The van der Waals surface area contributed by atoms with Crippen LogP contribution < -0.4 is 0 Å². The normalized spacial score (nSPS) is 10.5. The molecular weight excluding hydrogens is 212 g/mol. The predicted octanol–water partition coefficient (Wildman–Crippen LogP) is 3.26. The molecule has 0 bridgehead atoms. The van der Waals surface area contributed by atoms with Crippen molar-refractivity contribution in [3.63, 3.8) is 0 Å². The fraction of sp³-hybridized carbons (Fsp3) is 0.400. The van der Waals surface area contributed by atoms with Gasteiger partial charge in [-0.15, -0.1) is 40.3 Å². The Morgan fingerprint density at radius 3 is 2.50 bits per heavy atom. The van der Waals surface area contributed by atoms with Crippen molar-refractivity contribution < 1.29 is 0 Å². The van der Waals surface area contributed by atoms with E-state index in [1.165, 1.54) is 0 Å². The third-order valence-electron chi connectivity index (χ3n) is 1.32. The average Bonchev–Trinajstić information content (AvgIpc) is 2.16. The fourth-order valence-corrected chi connectivity index (χ4v) is 2.10. The summed E-state index contributed by atoms with van der Waals surface area (Å²) in [5.41, 5.74) is 0. The molecule has 4 heteroatoms. The Balaban J connectivity index is 2.54. The lowest BCUT2D eigenvalue weighted by molar-refractivity contribution is 0.852. The third-order valence-corrected chi connectivity index (χ3v) is 3.17. The number of thioether (sulfide) groups is 2. The third kappa shape index (κ3) is 4.15. The summed E-state index contributed by atoms with van der Waals surface area (Å²) in [6.45, 7) is 7.95. The highest BCUT2D eigenvalue weighted by molar-refractivity contribution is 8.00. The van der Waals surface area contributed by atoms with Crippen LogP contribution in [0.3, 0.4) is 0 Å². The minimum atomic E-state index is 0.552. The molecule has 0 atom stereocenters. The summed E-state index contributed by atoms with van der Waals surface area (Å²) in [6.07, 6.45) is 1.86. The van der Waals surface area contributed by atoms with E-state index in [0.29, 0.717) is 5.25 Å². The molecule has 0 unspecified atom stereocenters. The van der Waals surface area contributed by atoms with E-state index in [9.17, 15) is 0 Å². The second-order valence-electron chi connectivity index (χ2n) is 2.98. The molecule has 0 fully saturated rings.